The molecule has 2 saturated heterocycles. The van der Waals surface area contributed by atoms with E-state index >= 15 is 0 Å². The highest BCUT2D eigenvalue weighted by atomic mass is 127. The maximum Gasteiger partial charge on any atom is 0.194 e. The van der Waals surface area contributed by atoms with Gasteiger partial charge in [-0.25, -0.2) is 0 Å². The second kappa shape index (κ2) is 10.9. The average Bonchev–Trinajstić information content (AvgIpc) is 3.21. The van der Waals surface area contributed by atoms with E-state index in [0.717, 1.165) is 44.5 Å². The third kappa shape index (κ3) is 6.24. The van der Waals surface area contributed by atoms with Crippen molar-refractivity contribution in [1.82, 2.24) is 15.1 Å². The lowest BCUT2D eigenvalue weighted by atomic mass is 9.89. The van der Waals surface area contributed by atoms with Crippen LogP contribution >= 0.6 is 24.0 Å². The molecule has 146 valence electrons. The van der Waals surface area contributed by atoms with Crippen LogP contribution in [0.4, 0.5) is 0 Å². The van der Waals surface area contributed by atoms with E-state index in [4.69, 9.17) is 4.99 Å². The Bertz CT molecular complexity index is 414. The molecule has 3 aliphatic rings. The maximum atomic E-state index is 9.79. The van der Waals surface area contributed by atoms with E-state index in [1.54, 1.807) is 0 Å². The van der Waals surface area contributed by atoms with E-state index < -0.39 is 0 Å². The summed E-state index contributed by atoms with van der Waals surface area (Å²) in [5.74, 6) is 1.92. The predicted octanol–water partition coefficient (Wildman–Crippen LogP) is 2.68. The van der Waals surface area contributed by atoms with Crippen molar-refractivity contribution in [2.75, 3.05) is 39.3 Å². The van der Waals surface area contributed by atoms with Gasteiger partial charge in [0.15, 0.2) is 5.96 Å². The standard InChI is InChI=1S/C19H36N4O.HI/c1-2-20-19(23-12-10-18(24)15-23)21-13-17-9-6-11-22(17)14-16-7-4-3-5-8-16;/h16-18,24H,2-15H2,1H3,(H,20,21);1H/t17?,18-;/m1./s1. The van der Waals surface area contributed by atoms with Gasteiger partial charge >= 0.3 is 0 Å². The number of hydrogen-bond donors (Lipinski definition) is 2. The minimum Gasteiger partial charge on any atom is -0.391 e. The second-order valence-corrected chi connectivity index (χ2v) is 7.88. The number of nitrogens with zero attached hydrogens (tertiary/aromatic N) is 3. The number of aliphatic imine (C=N–C) groups is 1. The summed E-state index contributed by atoms with van der Waals surface area (Å²) in [6, 6.07) is 0.619. The molecule has 1 unspecified atom stereocenters. The molecule has 0 aromatic heterocycles. The minimum atomic E-state index is -0.192. The highest BCUT2D eigenvalue weighted by molar-refractivity contribution is 14.0. The Morgan fingerprint density at radius 2 is 1.88 bits per heavy atom. The Labute approximate surface area is 170 Å². The van der Waals surface area contributed by atoms with Crippen molar-refractivity contribution in [3.05, 3.63) is 0 Å². The molecule has 0 spiro atoms. The Morgan fingerprint density at radius 1 is 1.08 bits per heavy atom. The normalized spacial score (nSPS) is 29.0. The smallest absolute Gasteiger partial charge is 0.194 e. The number of hydrogen-bond acceptors (Lipinski definition) is 3. The minimum absolute atomic E-state index is 0. The van der Waals surface area contributed by atoms with Crippen LogP contribution in [0.15, 0.2) is 4.99 Å². The summed E-state index contributed by atoms with van der Waals surface area (Å²) in [6.07, 6.45) is 10.5. The fourth-order valence-electron chi connectivity index (χ4n) is 4.60. The molecular weight excluding hydrogens is 427 g/mol. The van der Waals surface area contributed by atoms with Gasteiger partial charge in [0.25, 0.3) is 0 Å². The van der Waals surface area contributed by atoms with Crippen molar-refractivity contribution in [2.24, 2.45) is 10.9 Å². The second-order valence-electron chi connectivity index (χ2n) is 7.88. The molecule has 3 rings (SSSR count). The first kappa shape index (κ1) is 21.2. The lowest BCUT2D eigenvalue weighted by Gasteiger charge is -2.30. The van der Waals surface area contributed by atoms with Crippen LogP contribution in [-0.4, -0.2) is 72.3 Å². The van der Waals surface area contributed by atoms with Gasteiger partial charge in [-0.2, -0.15) is 0 Å². The summed E-state index contributed by atoms with van der Waals surface area (Å²) in [5, 5.41) is 13.2. The van der Waals surface area contributed by atoms with Crippen LogP contribution < -0.4 is 5.32 Å². The van der Waals surface area contributed by atoms with Crippen molar-refractivity contribution in [2.45, 2.75) is 70.4 Å². The molecule has 1 saturated carbocycles. The molecule has 2 atom stereocenters. The van der Waals surface area contributed by atoms with Gasteiger partial charge in [0.2, 0.25) is 0 Å². The summed E-state index contributed by atoms with van der Waals surface area (Å²) in [4.78, 5) is 9.86. The molecule has 0 bridgehead atoms. The largest absolute Gasteiger partial charge is 0.391 e. The number of nitrogens with one attached hydrogen (secondary N) is 1. The number of rotatable bonds is 5. The van der Waals surface area contributed by atoms with Crippen LogP contribution in [-0.2, 0) is 0 Å². The zero-order valence-electron chi connectivity index (χ0n) is 15.8. The number of aliphatic hydroxyl groups is 1. The molecule has 3 fully saturated rings. The monoisotopic (exact) mass is 464 g/mol. The van der Waals surface area contributed by atoms with Gasteiger partial charge in [0.1, 0.15) is 0 Å². The van der Waals surface area contributed by atoms with Crippen molar-refractivity contribution in [3.8, 4) is 0 Å². The average molecular weight is 464 g/mol. The van der Waals surface area contributed by atoms with Gasteiger partial charge in [-0.15, -0.1) is 24.0 Å². The van der Waals surface area contributed by atoms with Crippen LogP contribution in [0.1, 0.15) is 58.3 Å². The quantitative estimate of drug-likeness (QED) is 0.373. The first-order valence-corrected chi connectivity index (χ1v) is 10.2. The molecule has 2 N–H and O–H groups in total. The van der Waals surface area contributed by atoms with E-state index in [0.29, 0.717) is 6.04 Å². The Hall–Kier alpha value is -0.0800. The Balaban J connectivity index is 0.00000225. The summed E-state index contributed by atoms with van der Waals surface area (Å²) < 4.78 is 0. The van der Waals surface area contributed by atoms with Crippen LogP contribution in [0.2, 0.25) is 0 Å². The Morgan fingerprint density at radius 3 is 2.56 bits per heavy atom. The predicted molar refractivity (Wildman–Crippen MR) is 115 cm³/mol. The lowest BCUT2D eigenvalue weighted by Crippen LogP contribution is -2.42. The zero-order chi connectivity index (χ0) is 16.8. The fraction of sp³-hybridized carbons (Fsp3) is 0.947. The van der Waals surface area contributed by atoms with Crippen molar-refractivity contribution >= 4 is 29.9 Å². The van der Waals surface area contributed by atoms with E-state index in [1.165, 1.54) is 58.0 Å². The molecule has 5 nitrogen and oxygen atoms in total. The van der Waals surface area contributed by atoms with Gasteiger partial charge in [0.05, 0.1) is 12.6 Å². The molecule has 1 aliphatic carbocycles. The topological polar surface area (TPSA) is 51.1 Å². The van der Waals surface area contributed by atoms with E-state index in [-0.39, 0.29) is 30.1 Å². The van der Waals surface area contributed by atoms with E-state index in [9.17, 15) is 5.11 Å². The first-order valence-electron chi connectivity index (χ1n) is 10.2. The molecule has 0 amide bonds. The number of β-amino-alcohol motifs (C(OH)–C–C–N with tert-alkyl or cyclic N) is 1. The van der Waals surface area contributed by atoms with Crippen LogP contribution in [0, 0.1) is 5.92 Å². The molecule has 6 heteroatoms. The molecule has 0 aromatic rings. The van der Waals surface area contributed by atoms with Crippen molar-refractivity contribution in [1.29, 1.82) is 0 Å². The molecule has 25 heavy (non-hydrogen) atoms. The molecular formula is C19H37IN4O. The third-order valence-electron chi connectivity index (χ3n) is 5.97. The molecule has 2 aliphatic heterocycles. The van der Waals surface area contributed by atoms with Crippen molar-refractivity contribution < 1.29 is 5.11 Å². The molecule has 0 aromatic carbocycles. The van der Waals surface area contributed by atoms with Gasteiger partial charge in [0, 0.05) is 32.2 Å². The van der Waals surface area contributed by atoms with Gasteiger partial charge < -0.3 is 15.3 Å². The lowest BCUT2D eigenvalue weighted by molar-refractivity contribution is 0.186. The highest BCUT2D eigenvalue weighted by Crippen LogP contribution is 2.27. The number of aliphatic hydroxyl groups excluding tert-OH is 1. The Kier molecular flexibility index (Phi) is 9.27. The van der Waals surface area contributed by atoms with Crippen LogP contribution in [0.3, 0.4) is 0 Å². The number of halogens is 1. The summed E-state index contributed by atoms with van der Waals surface area (Å²) in [5.41, 5.74) is 0. The summed E-state index contributed by atoms with van der Waals surface area (Å²) in [6.45, 7) is 8.11. The summed E-state index contributed by atoms with van der Waals surface area (Å²) in [7, 11) is 0. The number of likely N-dealkylation sites (tertiary alicyclic amines) is 2. The number of guanidine groups is 1. The van der Waals surface area contributed by atoms with Crippen LogP contribution in [0.5, 0.6) is 0 Å². The summed E-state index contributed by atoms with van der Waals surface area (Å²) >= 11 is 0. The van der Waals surface area contributed by atoms with Gasteiger partial charge in [-0.05, 0) is 51.5 Å². The maximum absolute atomic E-state index is 9.79. The first-order chi connectivity index (χ1) is 11.8. The van der Waals surface area contributed by atoms with E-state index in [1.807, 2.05) is 0 Å². The van der Waals surface area contributed by atoms with Crippen molar-refractivity contribution in [3.63, 3.8) is 0 Å². The fourth-order valence-corrected chi connectivity index (χ4v) is 4.60. The van der Waals surface area contributed by atoms with E-state index in [2.05, 4.69) is 22.0 Å². The SMILES string of the molecule is CCNC(=NCC1CCCN1CC1CCCCC1)N1CC[C@@H](O)C1.I. The van der Waals surface area contributed by atoms with Crippen LogP contribution in [0.25, 0.3) is 0 Å². The van der Waals surface area contributed by atoms with Gasteiger partial charge in [-0.1, -0.05) is 19.3 Å². The molecule has 0 radical (unpaired) electrons. The zero-order valence-corrected chi connectivity index (χ0v) is 18.2. The van der Waals surface area contributed by atoms with Gasteiger partial charge in [-0.3, -0.25) is 9.89 Å². The molecule has 2 heterocycles. The third-order valence-corrected chi connectivity index (χ3v) is 5.97. The highest BCUT2D eigenvalue weighted by Gasteiger charge is 2.28.